The number of benzene rings is 2. The number of hydrogen-bond donors (Lipinski definition) is 4. The molecule has 0 atom stereocenters. The van der Waals surface area contributed by atoms with Gasteiger partial charge in [-0.25, -0.2) is 14.4 Å². The molecule has 34 heavy (non-hydrogen) atoms. The van der Waals surface area contributed by atoms with Crippen LogP contribution in [0.25, 0.3) is 11.3 Å². The van der Waals surface area contributed by atoms with Crippen molar-refractivity contribution >= 4 is 29.4 Å². The molecule has 3 aromatic rings. The summed E-state index contributed by atoms with van der Waals surface area (Å²) in [6.07, 6.45) is 1.44. The van der Waals surface area contributed by atoms with Crippen molar-refractivity contribution in [1.82, 2.24) is 14.7 Å². The molecule has 0 aliphatic carbocycles. The second-order valence-electron chi connectivity index (χ2n) is 9.56. The summed E-state index contributed by atoms with van der Waals surface area (Å²) in [4.78, 5) is 23.0. The van der Waals surface area contributed by atoms with E-state index in [1.807, 2.05) is 32.0 Å². The van der Waals surface area contributed by atoms with E-state index in [9.17, 15) is 14.3 Å². The second kappa shape index (κ2) is 10.5. The number of anilines is 2. The molecule has 0 bridgehead atoms. The zero-order valence-corrected chi connectivity index (χ0v) is 20.8. The van der Waals surface area contributed by atoms with Crippen molar-refractivity contribution < 1.29 is 14.3 Å². The Bertz CT molecular complexity index is 1150. The van der Waals surface area contributed by atoms with E-state index in [4.69, 9.17) is 0 Å². The van der Waals surface area contributed by atoms with Crippen LogP contribution in [0.4, 0.5) is 15.9 Å². The molecule has 3 rings (SSSR count). The molecule has 0 radical (unpaired) electrons. The SMILES string of the molecule is CC(C)(C)NSc1cccc(NC(=O)c2ncc(NC(C)(C)CO)nc2-c2ccc(F)cc2)c1. The van der Waals surface area contributed by atoms with Gasteiger partial charge in [0.25, 0.3) is 5.91 Å². The van der Waals surface area contributed by atoms with E-state index in [1.54, 1.807) is 18.2 Å². The largest absolute Gasteiger partial charge is 0.394 e. The highest BCUT2D eigenvalue weighted by Gasteiger charge is 2.21. The monoisotopic (exact) mass is 483 g/mol. The predicted molar refractivity (Wildman–Crippen MR) is 135 cm³/mol. The van der Waals surface area contributed by atoms with Gasteiger partial charge in [-0.2, -0.15) is 0 Å². The number of aromatic nitrogens is 2. The van der Waals surface area contributed by atoms with Crippen molar-refractivity contribution in [3.05, 3.63) is 66.2 Å². The zero-order chi connectivity index (χ0) is 24.9. The van der Waals surface area contributed by atoms with Crippen molar-refractivity contribution in [3.8, 4) is 11.3 Å². The first kappa shape index (κ1) is 25.6. The molecule has 4 N–H and O–H groups in total. The molecule has 0 fully saturated rings. The number of rotatable bonds is 8. The lowest BCUT2D eigenvalue weighted by Crippen LogP contribution is -2.35. The van der Waals surface area contributed by atoms with E-state index in [0.29, 0.717) is 22.8 Å². The standard InChI is InChI=1S/C25H30FN5O2S/c1-24(2,3)31-34-19-8-6-7-18(13-19)28-23(33)22-21(16-9-11-17(26)12-10-16)29-20(14-27-22)30-25(4,5)15-32/h6-14,31-32H,15H2,1-5H3,(H,28,33)(H,29,30). The predicted octanol–water partition coefficient (Wildman–Crippen LogP) is 5.11. The van der Waals surface area contributed by atoms with Crippen LogP contribution in [0, 0.1) is 5.82 Å². The van der Waals surface area contributed by atoms with Gasteiger partial charge in [0.1, 0.15) is 17.3 Å². The van der Waals surface area contributed by atoms with Crippen LogP contribution in [0.2, 0.25) is 0 Å². The lowest BCUT2D eigenvalue weighted by molar-refractivity contribution is 0.102. The highest BCUT2D eigenvalue weighted by molar-refractivity contribution is 7.97. The minimum atomic E-state index is -0.641. The molecular formula is C25H30FN5O2S. The molecule has 0 saturated heterocycles. The fraction of sp³-hybridized carbons (Fsp3) is 0.320. The fourth-order valence-electron chi connectivity index (χ4n) is 2.85. The molecule has 7 nitrogen and oxygen atoms in total. The smallest absolute Gasteiger partial charge is 0.276 e. The molecule has 1 amide bonds. The number of carbonyl (C=O) groups excluding carboxylic acids is 1. The topological polar surface area (TPSA) is 99.2 Å². The van der Waals surface area contributed by atoms with Gasteiger partial charge in [-0.05, 0) is 89.0 Å². The van der Waals surface area contributed by atoms with Crippen molar-refractivity contribution in [2.75, 3.05) is 17.2 Å². The van der Waals surface area contributed by atoms with Crippen molar-refractivity contribution in [2.24, 2.45) is 0 Å². The number of aliphatic hydroxyl groups excluding tert-OH is 1. The Morgan fingerprint density at radius 1 is 1.09 bits per heavy atom. The lowest BCUT2D eigenvalue weighted by atomic mass is 10.1. The highest BCUT2D eigenvalue weighted by Crippen LogP contribution is 2.26. The Morgan fingerprint density at radius 3 is 2.44 bits per heavy atom. The third-order valence-electron chi connectivity index (χ3n) is 4.53. The summed E-state index contributed by atoms with van der Waals surface area (Å²) in [7, 11) is 0. The van der Waals surface area contributed by atoms with E-state index in [2.05, 4.69) is 46.1 Å². The Balaban J connectivity index is 1.90. The summed E-state index contributed by atoms with van der Waals surface area (Å²) < 4.78 is 16.8. The molecule has 0 aliphatic rings. The van der Waals surface area contributed by atoms with E-state index in [1.165, 1.54) is 30.3 Å². The van der Waals surface area contributed by atoms with Gasteiger partial charge in [0, 0.05) is 21.7 Å². The van der Waals surface area contributed by atoms with Gasteiger partial charge in [-0.3, -0.25) is 9.52 Å². The molecule has 0 spiro atoms. The number of hydrogen-bond acceptors (Lipinski definition) is 7. The van der Waals surface area contributed by atoms with Crippen LogP contribution < -0.4 is 15.4 Å². The van der Waals surface area contributed by atoms with Crippen LogP contribution in [-0.2, 0) is 0 Å². The van der Waals surface area contributed by atoms with Gasteiger partial charge in [0.2, 0.25) is 0 Å². The van der Waals surface area contributed by atoms with E-state index in [-0.39, 0.29) is 17.8 Å². The van der Waals surface area contributed by atoms with Crippen LogP contribution in [0.3, 0.4) is 0 Å². The Morgan fingerprint density at radius 2 is 1.79 bits per heavy atom. The summed E-state index contributed by atoms with van der Waals surface area (Å²) in [5.41, 5.74) is 0.854. The van der Waals surface area contributed by atoms with E-state index in [0.717, 1.165) is 4.90 Å². The Hall–Kier alpha value is -3.01. The van der Waals surface area contributed by atoms with Gasteiger partial charge in [0.15, 0.2) is 5.69 Å². The first-order valence-electron chi connectivity index (χ1n) is 10.8. The van der Waals surface area contributed by atoms with Crippen molar-refractivity contribution in [2.45, 2.75) is 50.6 Å². The van der Waals surface area contributed by atoms with Crippen molar-refractivity contribution in [3.63, 3.8) is 0 Å². The summed E-state index contributed by atoms with van der Waals surface area (Å²) in [6.45, 7) is 9.71. The normalized spacial score (nSPS) is 11.9. The van der Waals surface area contributed by atoms with Gasteiger partial charge >= 0.3 is 0 Å². The van der Waals surface area contributed by atoms with E-state index < -0.39 is 17.3 Å². The third-order valence-corrected chi connectivity index (χ3v) is 5.74. The maximum Gasteiger partial charge on any atom is 0.276 e. The average Bonchev–Trinajstić information content (AvgIpc) is 2.78. The molecule has 2 aromatic carbocycles. The first-order chi connectivity index (χ1) is 16.0. The molecule has 180 valence electrons. The van der Waals surface area contributed by atoms with Gasteiger partial charge in [-0.15, -0.1) is 0 Å². The van der Waals surface area contributed by atoms with Crippen molar-refractivity contribution in [1.29, 1.82) is 0 Å². The van der Waals surface area contributed by atoms with Crippen LogP contribution in [0.1, 0.15) is 45.1 Å². The summed E-state index contributed by atoms with van der Waals surface area (Å²) in [5, 5.41) is 15.5. The summed E-state index contributed by atoms with van der Waals surface area (Å²) >= 11 is 1.48. The lowest BCUT2D eigenvalue weighted by Gasteiger charge is -2.24. The maximum atomic E-state index is 13.5. The van der Waals surface area contributed by atoms with E-state index >= 15 is 0 Å². The molecule has 1 aromatic heterocycles. The van der Waals surface area contributed by atoms with Crippen LogP contribution in [0.15, 0.2) is 59.6 Å². The molecule has 1 heterocycles. The van der Waals surface area contributed by atoms with Gasteiger partial charge < -0.3 is 15.7 Å². The number of amides is 1. The van der Waals surface area contributed by atoms with Gasteiger partial charge in [0.05, 0.1) is 18.3 Å². The fourth-order valence-corrected chi connectivity index (χ4v) is 3.61. The van der Waals surface area contributed by atoms with Gasteiger partial charge in [-0.1, -0.05) is 6.07 Å². The highest BCUT2D eigenvalue weighted by atomic mass is 32.2. The number of halogens is 1. The molecule has 0 aliphatic heterocycles. The average molecular weight is 484 g/mol. The quantitative estimate of drug-likeness (QED) is 0.330. The molecule has 9 heteroatoms. The zero-order valence-electron chi connectivity index (χ0n) is 19.9. The van der Waals surface area contributed by atoms with Crippen LogP contribution in [0.5, 0.6) is 0 Å². The third kappa shape index (κ3) is 7.24. The number of carbonyl (C=O) groups is 1. The molecule has 0 unspecified atom stereocenters. The number of nitrogens with zero attached hydrogens (tertiary/aromatic N) is 2. The number of nitrogens with one attached hydrogen (secondary N) is 3. The minimum absolute atomic E-state index is 0.0655. The minimum Gasteiger partial charge on any atom is -0.394 e. The Labute approximate surface area is 203 Å². The number of aliphatic hydroxyl groups is 1. The maximum absolute atomic E-state index is 13.5. The van der Waals surface area contributed by atoms with Crippen LogP contribution in [-0.4, -0.2) is 38.7 Å². The molecular weight excluding hydrogens is 453 g/mol. The second-order valence-corrected chi connectivity index (χ2v) is 10.4. The summed E-state index contributed by atoms with van der Waals surface area (Å²) in [5.74, 6) is -0.441. The Kier molecular flexibility index (Phi) is 7.91. The van der Waals surface area contributed by atoms with Crippen LogP contribution >= 0.6 is 11.9 Å². The molecule has 0 saturated carbocycles. The first-order valence-corrected chi connectivity index (χ1v) is 11.6. The summed E-state index contributed by atoms with van der Waals surface area (Å²) in [6, 6.07) is 13.2.